The van der Waals surface area contributed by atoms with Gasteiger partial charge in [0, 0.05) is 12.3 Å². The van der Waals surface area contributed by atoms with Crippen LogP contribution in [0.1, 0.15) is 5.56 Å². The number of hydrogen-bond donors (Lipinski definition) is 2. The summed E-state index contributed by atoms with van der Waals surface area (Å²) in [6.07, 6.45) is 0. The van der Waals surface area contributed by atoms with Crippen LogP contribution < -0.4 is 5.32 Å². The Morgan fingerprint density at radius 1 is 1.44 bits per heavy atom. The molecular formula is C11H15N5OS. The van der Waals surface area contributed by atoms with Gasteiger partial charge in [0.1, 0.15) is 5.75 Å². The molecule has 96 valence electrons. The first kappa shape index (κ1) is 12.8. The molecule has 2 aromatic rings. The van der Waals surface area contributed by atoms with Crippen LogP contribution in [-0.4, -0.2) is 38.9 Å². The average Bonchev–Trinajstić information content (AvgIpc) is 2.81. The number of benzene rings is 1. The first-order chi connectivity index (χ1) is 8.79. The van der Waals surface area contributed by atoms with Gasteiger partial charge in [-0.1, -0.05) is 23.9 Å². The van der Waals surface area contributed by atoms with E-state index in [-0.39, 0.29) is 5.75 Å². The molecule has 18 heavy (non-hydrogen) atoms. The Morgan fingerprint density at radius 2 is 2.33 bits per heavy atom. The highest BCUT2D eigenvalue weighted by molar-refractivity contribution is 7.98. The average molecular weight is 265 g/mol. The fourth-order valence-electron chi connectivity index (χ4n) is 1.45. The van der Waals surface area contributed by atoms with Gasteiger partial charge in [0.05, 0.1) is 6.54 Å². The molecule has 0 spiro atoms. The lowest BCUT2D eigenvalue weighted by atomic mass is 10.2. The number of thioether (sulfide) groups is 1. The van der Waals surface area contributed by atoms with Crippen molar-refractivity contribution >= 4 is 11.8 Å². The molecule has 7 heteroatoms. The van der Waals surface area contributed by atoms with Crippen molar-refractivity contribution in [2.75, 3.05) is 13.6 Å². The zero-order valence-electron chi connectivity index (χ0n) is 10.1. The predicted octanol–water partition coefficient (Wildman–Crippen LogP) is 0.890. The van der Waals surface area contributed by atoms with E-state index in [4.69, 9.17) is 0 Å². The summed E-state index contributed by atoms with van der Waals surface area (Å²) in [5, 5.41) is 24.8. The van der Waals surface area contributed by atoms with Gasteiger partial charge in [-0.05, 0) is 35.2 Å². The molecule has 0 aliphatic heterocycles. The molecule has 0 aliphatic carbocycles. The van der Waals surface area contributed by atoms with E-state index < -0.39 is 0 Å². The smallest absolute Gasteiger partial charge is 0.209 e. The molecule has 6 nitrogen and oxygen atoms in total. The normalized spacial score (nSPS) is 10.7. The molecule has 0 saturated carbocycles. The molecule has 0 atom stereocenters. The maximum absolute atomic E-state index is 9.38. The molecule has 0 amide bonds. The van der Waals surface area contributed by atoms with Gasteiger partial charge in [0.15, 0.2) is 0 Å². The second kappa shape index (κ2) is 6.36. The van der Waals surface area contributed by atoms with Gasteiger partial charge >= 0.3 is 0 Å². The summed E-state index contributed by atoms with van der Waals surface area (Å²) >= 11 is 1.55. The van der Waals surface area contributed by atoms with E-state index in [1.54, 1.807) is 28.6 Å². The summed E-state index contributed by atoms with van der Waals surface area (Å²) in [5.74, 6) is 1.01. The molecule has 1 aromatic heterocycles. The molecule has 0 fully saturated rings. The van der Waals surface area contributed by atoms with Crippen molar-refractivity contribution in [3.05, 3.63) is 29.8 Å². The summed E-state index contributed by atoms with van der Waals surface area (Å²) in [5.41, 5.74) is 1.04. The topological polar surface area (TPSA) is 75.9 Å². The Bertz CT molecular complexity index is 502. The third kappa shape index (κ3) is 3.44. The van der Waals surface area contributed by atoms with Crippen molar-refractivity contribution in [3.63, 3.8) is 0 Å². The number of hydrogen-bond acceptors (Lipinski definition) is 6. The van der Waals surface area contributed by atoms with E-state index in [1.807, 2.05) is 19.2 Å². The van der Waals surface area contributed by atoms with Crippen LogP contribution in [0.5, 0.6) is 5.75 Å². The van der Waals surface area contributed by atoms with E-state index in [9.17, 15) is 5.11 Å². The molecule has 1 aromatic carbocycles. The van der Waals surface area contributed by atoms with Crippen molar-refractivity contribution in [1.82, 2.24) is 25.5 Å². The molecule has 0 bridgehead atoms. The first-order valence-corrected chi connectivity index (χ1v) is 6.59. The lowest BCUT2D eigenvalue weighted by Gasteiger charge is -2.04. The fourth-order valence-corrected chi connectivity index (χ4v) is 2.30. The number of aromatic nitrogens is 4. The highest BCUT2D eigenvalue weighted by Crippen LogP contribution is 2.21. The van der Waals surface area contributed by atoms with Crippen molar-refractivity contribution in [2.24, 2.45) is 0 Å². The van der Waals surface area contributed by atoms with E-state index in [2.05, 4.69) is 20.8 Å². The van der Waals surface area contributed by atoms with Crippen LogP contribution in [0.25, 0.3) is 0 Å². The van der Waals surface area contributed by atoms with Crippen LogP contribution >= 0.6 is 11.8 Å². The molecule has 0 aliphatic rings. The van der Waals surface area contributed by atoms with E-state index >= 15 is 0 Å². The van der Waals surface area contributed by atoms with Gasteiger partial charge in [-0.2, -0.15) is 0 Å². The fraction of sp³-hybridized carbons (Fsp3) is 0.364. The number of phenols is 1. The Balaban J connectivity index is 1.95. The quantitative estimate of drug-likeness (QED) is 0.756. The predicted molar refractivity (Wildman–Crippen MR) is 69.4 cm³/mol. The summed E-state index contributed by atoms with van der Waals surface area (Å²) in [4.78, 5) is 0. The molecular weight excluding hydrogens is 250 g/mol. The number of likely N-dealkylation sites (N-methyl/N-ethyl adjacent to an activating group) is 1. The number of tetrazole rings is 1. The highest BCUT2D eigenvalue weighted by Gasteiger charge is 2.06. The summed E-state index contributed by atoms with van der Waals surface area (Å²) in [6, 6.07) is 7.20. The molecule has 2 rings (SSSR count). The third-order valence-electron chi connectivity index (χ3n) is 2.35. The Kier molecular flexibility index (Phi) is 4.54. The number of aromatic hydroxyl groups is 1. The van der Waals surface area contributed by atoms with Gasteiger partial charge in [-0.15, -0.1) is 5.10 Å². The van der Waals surface area contributed by atoms with Crippen LogP contribution in [0.4, 0.5) is 0 Å². The Morgan fingerprint density at radius 3 is 3.11 bits per heavy atom. The van der Waals surface area contributed by atoms with Gasteiger partial charge in [0.2, 0.25) is 5.16 Å². The first-order valence-electron chi connectivity index (χ1n) is 5.61. The van der Waals surface area contributed by atoms with Gasteiger partial charge in [0.25, 0.3) is 0 Å². The van der Waals surface area contributed by atoms with E-state index in [0.29, 0.717) is 0 Å². The van der Waals surface area contributed by atoms with Crippen molar-refractivity contribution in [1.29, 1.82) is 0 Å². The van der Waals surface area contributed by atoms with Gasteiger partial charge < -0.3 is 10.4 Å². The minimum absolute atomic E-state index is 0.280. The van der Waals surface area contributed by atoms with Crippen LogP contribution in [-0.2, 0) is 12.3 Å². The van der Waals surface area contributed by atoms with Crippen LogP contribution in [0.3, 0.4) is 0 Å². The maximum atomic E-state index is 9.38. The van der Waals surface area contributed by atoms with Gasteiger partial charge in [-0.25, -0.2) is 4.68 Å². The highest BCUT2D eigenvalue weighted by atomic mass is 32.2. The number of rotatable bonds is 6. The van der Waals surface area contributed by atoms with E-state index in [1.165, 1.54) is 0 Å². The van der Waals surface area contributed by atoms with Crippen molar-refractivity contribution in [2.45, 2.75) is 17.5 Å². The lowest BCUT2D eigenvalue weighted by molar-refractivity contribution is 0.475. The lowest BCUT2D eigenvalue weighted by Crippen LogP contribution is -2.16. The maximum Gasteiger partial charge on any atom is 0.209 e. The molecule has 0 saturated heterocycles. The number of nitrogens with one attached hydrogen (secondary N) is 1. The largest absolute Gasteiger partial charge is 0.508 e. The van der Waals surface area contributed by atoms with Gasteiger partial charge in [-0.3, -0.25) is 0 Å². The minimum Gasteiger partial charge on any atom is -0.508 e. The Hall–Kier alpha value is -1.60. The second-order valence-corrected chi connectivity index (χ2v) is 4.69. The molecule has 0 radical (unpaired) electrons. The molecule has 0 unspecified atom stereocenters. The standard InChI is InChI=1S/C11H15N5OS/c1-12-5-6-16-11(13-14-15-16)18-8-9-3-2-4-10(17)7-9/h2-4,7,12,17H,5-6,8H2,1H3. The molecule has 1 heterocycles. The molecule has 2 N–H and O–H groups in total. The zero-order valence-corrected chi connectivity index (χ0v) is 10.9. The summed E-state index contributed by atoms with van der Waals surface area (Å²) in [7, 11) is 1.89. The zero-order chi connectivity index (χ0) is 12.8. The number of nitrogens with zero attached hydrogens (tertiary/aromatic N) is 4. The summed E-state index contributed by atoms with van der Waals surface area (Å²) < 4.78 is 1.77. The van der Waals surface area contributed by atoms with Crippen LogP contribution in [0.15, 0.2) is 29.4 Å². The SMILES string of the molecule is CNCCn1nnnc1SCc1cccc(O)c1. The third-order valence-corrected chi connectivity index (χ3v) is 3.38. The van der Waals surface area contributed by atoms with Crippen LogP contribution in [0.2, 0.25) is 0 Å². The second-order valence-electron chi connectivity index (χ2n) is 3.75. The van der Waals surface area contributed by atoms with E-state index in [0.717, 1.165) is 29.6 Å². The minimum atomic E-state index is 0.280. The van der Waals surface area contributed by atoms with Crippen LogP contribution in [0, 0.1) is 0 Å². The monoisotopic (exact) mass is 265 g/mol. The number of phenolic OH excluding ortho intramolecular Hbond substituents is 1. The Labute approximate surface area is 109 Å². The van der Waals surface area contributed by atoms with Crippen molar-refractivity contribution < 1.29 is 5.11 Å². The van der Waals surface area contributed by atoms with Crippen molar-refractivity contribution in [3.8, 4) is 5.75 Å². The summed E-state index contributed by atoms with van der Waals surface area (Å²) in [6.45, 7) is 1.57.